The van der Waals surface area contributed by atoms with Crippen LogP contribution in [0.1, 0.15) is 36.5 Å². The van der Waals surface area contributed by atoms with Gasteiger partial charge in [-0.15, -0.1) is 24.0 Å². The van der Waals surface area contributed by atoms with E-state index in [0.29, 0.717) is 12.5 Å². The van der Waals surface area contributed by atoms with E-state index in [9.17, 15) is 0 Å². The number of hydrogen-bond donors (Lipinski definition) is 2. The van der Waals surface area contributed by atoms with Crippen LogP contribution < -0.4 is 10.6 Å². The van der Waals surface area contributed by atoms with Crippen LogP contribution in [0.5, 0.6) is 0 Å². The first kappa shape index (κ1) is 22.4. The van der Waals surface area contributed by atoms with Gasteiger partial charge in [0.25, 0.3) is 0 Å². The zero-order valence-corrected chi connectivity index (χ0v) is 19.5. The van der Waals surface area contributed by atoms with E-state index < -0.39 is 0 Å². The molecule has 28 heavy (non-hydrogen) atoms. The summed E-state index contributed by atoms with van der Waals surface area (Å²) in [6.07, 6.45) is 3.78. The first-order chi connectivity index (χ1) is 13.2. The third kappa shape index (κ3) is 6.94. The summed E-state index contributed by atoms with van der Waals surface area (Å²) in [7, 11) is 0. The van der Waals surface area contributed by atoms with Crippen LogP contribution >= 0.6 is 35.3 Å². The molecule has 0 radical (unpaired) electrons. The summed E-state index contributed by atoms with van der Waals surface area (Å²) in [4.78, 5) is 4.75. The number of hydrogen-bond acceptors (Lipinski definition) is 3. The zero-order valence-electron chi connectivity index (χ0n) is 16.3. The molecule has 0 saturated carbocycles. The van der Waals surface area contributed by atoms with Gasteiger partial charge in [0, 0.05) is 25.5 Å². The van der Waals surface area contributed by atoms with E-state index in [1.165, 1.54) is 16.7 Å². The molecule has 3 rings (SSSR count). The van der Waals surface area contributed by atoms with Gasteiger partial charge >= 0.3 is 0 Å². The Hall–Kier alpha value is -1.87. The fraction of sp³-hybridized carbons (Fsp3) is 0.333. The van der Waals surface area contributed by atoms with Crippen LogP contribution in [0.15, 0.2) is 64.5 Å². The lowest BCUT2D eigenvalue weighted by atomic mass is 10.1. The first-order valence-corrected chi connectivity index (χ1v) is 10.3. The summed E-state index contributed by atoms with van der Waals surface area (Å²) < 4.78 is 1.93. The van der Waals surface area contributed by atoms with Crippen LogP contribution in [0, 0.1) is 0 Å². The molecule has 0 amide bonds. The largest absolute Gasteiger partial charge is 0.357 e. The number of halogens is 1. The predicted octanol–water partition coefficient (Wildman–Crippen LogP) is 4.47. The molecular weight excluding hydrogens is 481 g/mol. The fourth-order valence-electron chi connectivity index (χ4n) is 2.84. The maximum absolute atomic E-state index is 4.75. The van der Waals surface area contributed by atoms with Crippen molar-refractivity contribution in [3.63, 3.8) is 0 Å². The summed E-state index contributed by atoms with van der Waals surface area (Å²) in [6, 6.07) is 12.7. The van der Waals surface area contributed by atoms with Crippen molar-refractivity contribution in [2.75, 3.05) is 13.1 Å². The quantitative estimate of drug-likeness (QED) is 0.268. The minimum atomic E-state index is 0. The Morgan fingerprint density at radius 3 is 2.79 bits per heavy atom. The molecule has 150 valence electrons. The molecule has 2 heterocycles. The molecule has 5 nitrogen and oxygen atoms in total. The highest BCUT2D eigenvalue weighted by atomic mass is 127. The highest BCUT2D eigenvalue weighted by molar-refractivity contribution is 14.0. The van der Waals surface area contributed by atoms with Gasteiger partial charge in [-0.2, -0.15) is 16.4 Å². The molecule has 3 aromatic rings. The normalized spacial score (nSPS) is 12.3. The molecule has 7 heteroatoms. The van der Waals surface area contributed by atoms with Crippen molar-refractivity contribution < 1.29 is 0 Å². The van der Waals surface area contributed by atoms with E-state index in [4.69, 9.17) is 4.99 Å². The Labute approximate surface area is 188 Å². The van der Waals surface area contributed by atoms with Crippen LogP contribution in [0.3, 0.4) is 0 Å². The summed E-state index contributed by atoms with van der Waals surface area (Å²) in [5.74, 6) is 1.31. The van der Waals surface area contributed by atoms with E-state index in [-0.39, 0.29) is 24.0 Å². The topological polar surface area (TPSA) is 54.2 Å². The maximum Gasteiger partial charge on any atom is 0.191 e. The Morgan fingerprint density at radius 2 is 2.07 bits per heavy atom. The molecule has 0 saturated heterocycles. The average molecular weight is 509 g/mol. The minimum absolute atomic E-state index is 0. The van der Waals surface area contributed by atoms with Crippen molar-refractivity contribution in [3.05, 3.63) is 76.2 Å². The number of benzene rings is 1. The van der Waals surface area contributed by atoms with E-state index in [0.717, 1.165) is 25.6 Å². The molecule has 0 aliphatic carbocycles. The number of nitrogens with one attached hydrogen (secondary N) is 2. The molecule has 1 unspecified atom stereocenters. The van der Waals surface area contributed by atoms with Gasteiger partial charge in [0.1, 0.15) is 0 Å². The highest BCUT2D eigenvalue weighted by Crippen LogP contribution is 2.17. The second-order valence-corrected chi connectivity index (χ2v) is 7.34. The van der Waals surface area contributed by atoms with E-state index in [1.807, 2.05) is 16.9 Å². The number of nitrogens with zero attached hydrogens (tertiary/aromatic N) is 3. The molecule has 0 bridgehead atoms. The van der Waals surface area contributed by atoms with Crippen molar-refractivity contribution in [3.8, 4) is 0 Å². The van der Waals surface area contributed by atoms with Gasteiger partial charge in [-0.25, -0.2) is 4.99 Å². The number of aromatic nitrogens is 2. The average Bonchev–Trinajstić information content (AvgIpc) is 3.38. The van der Waals surface area contributed by atoms with E-state index in [1.54, 1.807) is 17.5 Å². The maximum atomic E-state index is 4.75. The van der Waals surface area contributed by atoms with Gasteiger partial charge in [-0.3, -0.25) is 4.68 Å². The number of rotatable bonds is 8. The Morgan fingerprint density at radius 1 is 1.21 bits per heavy atom. The number of thiophene rings is 1. The van der Waals surface area contributed by atoms with Gasteiger partial charge in [-0.1, -0.05) is 31.2 Å². The molecule has 1 aromatic carbocycles. The second kappa shape index (κ2) is 11.9. The second-order valence-electron chi connectivity index (χ2n) is 6.56. The van der Waals surface area contributed by atoms with Crippen LogP contribution in [0.2, 0.25) is 0 Å². The van der Waals surface area contributed by atoms with Crippen LogP contribution in [0.4, 0.5) is 0 Å². The van der Waals surface area contributed by atoms with Gasteiger partial charge in [-0.05, 0) is 52.4 Å². The van der Waals surface area contributed by atoms with E-state index in [2.05, 4.69) is 70.7 Å². The van der Waals surface area contributed by atoms with Crippen LogP contribution in [0.25, 0.3) is 0 Å². The van der Waals surface area contributed by atoms with Gasteiger partial charge in [0.2, 0.25) is 0 Å². The third-order valence-corrected chi connectivity index (χ3v) is 5.05. The molecule has 0 spiro atoms. The van der Waals surface area contributed by atoms with Crippen LogP contribution in [-0.2, 0) is 13.1 Å². The SMILES string of the molecule is CCNC(=NCc1cccc(Cn2cccn2)c1)NCC(C)c1ccsc1.I. The highest BCUT2D eigenvalue weighted by Gasteiger charge is 2.07. The molecule has 2 N–H and O–H groups in total. The van der Waals surface area contributed by atoms with E-state index >= 15 is 0 Å². The standard InChI is InChI=1S/C21H27N5S.HI/c1-3-22-21(23-13-17(2)20-8-11-27-16-20)24-14-18-6-4-7-19(12-18)15-26-10-5-9-25-26;/h4-12,16-17H,3,13-15H2,1-2H3,(H2,22,23,24);1H. The molecule has 2 aromatic heterocycles. The molecule has 0 aliphatic heterocycles. The Kier molecular flexibility index (Phi) is 9.49. The lowest BCUT2D eigenvalue weighted by Gasteiger charge is -2.15. The molecule has 1 atom stereocenters. The summed E-state index contributed by atoms with van der Waals surface area (Å²) in [6.45, 7) is 7.46. The van der Waals surface area contributed by atoms with Crippen molar-refractivity contribution in [1.29, 1.82) is 0 Å². The predicted molar refractivity (Wildman–Crippen MR) is 129 cm³/mol. The molecular formula is C21H28IN5S. The van der Waals surface area contributed by atoms with Crippen molar-refractivity contribution in [2.45, 2.75) is 32.9 Å². The molecule has 0 aliphatic rings. The molecule has 0 fully saturated rings. The van der Waals surface area contributed by atoms with Crippen molar-refractivity contribution in [1.82, 2.24) is 20.4 Å². The van der Waals surface area contributed by atoms with Gasteiger partial charge in [0.15, 0.2) is 5.96 Å². The van der Waals surface area contributed by atoms with Gasteiger partial charge < -0.3 is 10.6 Å². The van der Waals surface area contributed by atoms with Crippen molar-refractivity contribution in [2.24, 2.45) is 4.99 Å². The summed E-state index contributed by atoms with van der Waals surface area (Å²) in [5.41, 5.74) is 3.80. The minimum Gasteiger partial charge on any atom is -0.357 e. The fourth-order valence-corrected chi connectivity index (χ4v) is 3.62. The van der Waals surface area contributed by atoms with Crippen molar-refractivity contribution >= 4 is 41.3 Å². The zero-order chi connectivity index (χ0) is 18.9. The lowest BCUT2D eigenvalue weighted by molar-refractivity contribution is 0.686. The summed E-state index contributed by atoms with van der Waals surface area (Å²) in [5, 5.41) is 15.4. The lowest BCUT2D eigenvalue weighted by Crippen LogP contribution is -2.39. The Bertz CT molecular complexity index is 830. The Balaban J connectivity index is 0.00000280. The smallest absolute Gasteiger partial charge is 0.191 e. The number of aliphatic imine (C=N–C) groups is 1. The third-order valence-electron chi connectivity index (χ3n) is 4.35. The summed E-state index contributed by atoms with van der Waals surface area (Å²) >= 11 is 1.74. The van der Waals surface area contributed by atoms with Crippen LogP contribution in [-0.4, -0.2) is 28.8 Å². The monoisotopic (exact) mass is 509 g/mol. The number of guanidine groups is 1. The first-order valence-electron chi connectivity index (χ1n) is 9.34. The van der Waals surface area contributed by atoms with Gasteiger partial charge in [0.05, 0.1) is 13.1 Å².